The van der Waals surface area contributed by atoms with Crippen LogP contribution in [0.25, 0.3) is 0 Å². The number of aliphatic hydroxyl groups excluding tert-OH is 1. The fraction of sp³-hybridized carbons (Fsp3) is 0.538. The molecule has 1 aromatic carbocycles. The molecule has 3 nitrogen and oxygen atoms in total. The van der Waals surface area contributed by atoms with Crippen LogP contribution in [0, 0.1) is 5.92 Å². The summed E-state index contributed by atoms with van der Waals surface area (Å²) in [6.45, 7) is 3.83. The number of nitrogens with zero attached hydrogens (tertiary/aromatic N) is 1. The van der Waals surface area contributed by atoms with E-state index in [9.17, 15) is 5.11 Å². The summed E-state index contributed by atoms with van der Waals surface area (Å²) in [4.78, 5) is 2.31. The van der Waals surface area contributed by atoms with Crippen molar-refractivity contribution in [1.82, 2.24) is 0 Å². The first kappa shape index (κ1) is 12.7. The molecule has 4 heteroatoms. The lowest BCUT2D eigenvalue weighted by molar-refractivity contribution is 0.110. The first-order valence-electron chi connectivity index (χ1n) is 6.06. The number of aliphatic hydroxyl groups is 1. The topological polar surface area (TPSA) is 49.5 Å². The number of hydrogen-bond acceptors (Lipinski definition) is 3. The summed E-state index contributed by atoms with van der Waals surface area (Å²) in [5.41, 5.74) is 7.95. The third-order valence-electron chi connectivity index (χ3n) is 3.55. The Bertz CT molecular complexity index is 387. The van der Waals surface area contributed by atoms with Crippen LogP contribution in [0.5, 0.6) is 0 Å². The fourth-order valence-electron chi connectivity index (χ4n) is 2.44. The largest absolute Gasteiger partial charge is 0.397 e. The minimum absolute atomic E-state index is 0.195. The van der Waals surface area contributed by atoms with Gasteiger partial charge >= 0.3 is 0 Å². The molecule has 17 heavy (non-hydrogen) atoms. The van der Waals surface area contributed by atoms with Crippen molar-refractivity contribution in [2.24, 2.45) is 5.92 Å². The lowest BCUT2D eigenvalue weighted by Gasteiger charge is -2.35. The maximum atomic E-state index is 9.58. The Labute approximate surface area is 111 Å². The third kappa shape index (κ3) is 2.93. The van der Waals surface area contributed by atoms with Crippen LogP contribution in [-0.4, -0.2) is 24.3 Å². The Morgan fingerprint density at radius 1 is 1.41 bits per heavy atom. The van der Waals surface area contributed by atoms with Gasteiger partial charge in [-0.2, -0.15) is 0 Å². The van der Waals surface area contributed by atoms with Crippen molar-refractivity contribution in [2.45, 2.75) is 25.9 Å². The quantitative estimate of drug-likeness (QED) is 0.825. The number of benzene rings is 1. The highest BCUT2D eigenvalue weighted by Crippen LogP contribution is 2.30. The van der Waals surface area contributed by atoms with Gasteiger partial charge in [0.2, 0.25) is 0 Å². The third-order valence-corrected chi connectivity index (χ3v) is 4.05. The molecule has 1 heterocycles. The van der Waals surface area contributed by atoms with E-state index in [1.807, 2.05) is 19.1 Å². The second-order valence-electron chi connectivity index (χ2n) is 4.77. The number of halogens is 1. The van der Waals surface area contributed by atoms with Crippen LogP contribution in [0.1, 0.15) is 19.8 Å². The molecule has 0 amide bonds. The molecule has 1 saturated heterocycles. The number of piperidine rings is 1. The zero-order valence-corrected chi connectivity index (χ0v) is 11.7. The highest BCUT2D eigenvalue weighted by Gasteiger charge is 2.23. The number of nitrogens with two attached hydrogens (primary N) is 1. The van der Waals surface area contributed by atoms with Gasteiger partial charge in [-0.3, -0.25) is 0 Å². The van der Waals surface area contributed by atoms with Crippen molar-refractivity contribution in [3.63, 3.8) is 0 Å². The smallest absolute Gasteiger partial charge is 0.0600 e. The summed E-state index contributed by atoms with van der Waals surface area (Å²) in [7, 11) is 0. The molecular weight excluding hydrogens is 280 g/mol. The lowest BCUT2D eigenvalue weighted by Crippen LogP contribution is -2.37. The van der Waals surface area contributed by atoms with Gasteiger partial charge < -0.3 is 15.7 Å². The number of anilines is 2. The Morgan fingerprint density at radius 3 is 2.59 bits per heavy atom. The summed E-state index contributed by atoms with van der Waals surface area (Å²) in [6.07, 6.45) is 1.87. The van der Waals surface area contributed by atoms with Crippen LogP contribution in [0.15, 0.2) is 22.7 Å². The zero-order chi connectivity index (χ0) is 12.4. The van der Waals surface area contributed by atoms with Gasteiger partial charge in [-0.1, -0.05) is 15.9 Å². The molecule has 0 bridgehead atoms. The van der Waals surface area contributed by atoms with E-state index < -0.39 is 0 Å². The van der Waals surface area contributed by atoms with Crippen LogP contribution in [-0.2, 0) is 0 Å². The molecule has 0 radical (unpaired) electrons. The van der Waals surface area contributed by atoms with Crippen LogP contribution < -0.4 is 10.6 Å². The molecule has 1 fully saturated rings. The van der Waals surface area contributed by atoms with Crippen molar-refractivity contribution in [2.75, 3.05) is 23.7 Å². The number of hydrogen-bond donors (Lipinski definition) is 2. The SMILES string of the molecule is CC(O)C1CCN(c2ccc(Br)cc2N)CC1. The monoisotopic (exact) mass is 298 g/mol. The lowest BCUT2D eigenvalue weighted by atomic mass is 9.92. The van der Waals surface area contributed by atoms with Gasteiger partial charge in [-0.15, -0.1) is 0 Å². The molecule has 3 N–H and O–H groups in total. The first-order chi connectivity index (χ1) is 8.08. The zero-order valence-electron chi connectivity index (χ0n) is 10.1. The summed E-state index contributed by atoms with van der Waals surface area (Å²) >= 11 is 3.42. The van der Waals surface area contributed by atoms with E-state index in [4.69, 9.17) is 5.73 Å². The molecule has 1 atom stereocenters. The first-order valence-corrected chi connectivity index (χ1v) is 6.85. The van der Waals surface area contributed by atoms with Gasteiger partial charge in [0.05, 0.1) is 17.5 Å². The minimum atomic E-state index is -0.195. The van der Waals surface area contributed by atoms with E-state index in [1.54, 1.807) is 0 Å². The Hall–Kier alpha value is -0.740. The fourth-order valence-corrected chi connectivity index (χ4v) is 2.81. The van der Waals surface area contributed by atoms with Crippen LogP contribution in [0.3, 0.4) is 0 Å². The van der Waals surface area contributed by atoms with E-state index in [-0.39, 0.29) is 6.10 Å². The normalized spacial score (nSPS) is 19.4. The summed E-state index contributed by atoms with van der Waals surface area (Å²) in [5.74, 6) is 0.433. The average molecular weight is 299 g/mol. The predicted molar refractivity (Wildman–Crippen MR) is 75.2 cm³/mol. The summed E-state index contributed by atoms with van der Waals surface area (Å²) < 4.78 is 1.01. The molecule has 1 aromatic rings. The summed E-state index contributed by atoms with van der Waals surface area (Å²) in [5, 5.41) is 9.58. The van der Waals surface area contributed by atoms with E-state index in [2.05, 4.69) is 26.9 Å². The van der Waals surface area contributed by atoms with Gasteiger partial charge in [-0.25, -0.2) is 0 Å². The van der Waals surface area contributed by atoms with Gasteiger partial charge in [0.1, 0.15) is 0 Å². The van der Waals surface area contributed by atoms with Crippen molar-refractivity contribution >= 4 is 27.3 Å². The van der Waals surface area contributed by atoms with Crippen molar-refractivity contribution in [3.8, 4) is 0 Å². The van der Waals surface area contributed by atoms with Gasteiger partial charge in [0.25, 0.3) is 0 Å². The molecular formula is C13H19BrN2O. The highest BCUT2D eigenvalue weighted by atomic mass is 79.9. The second-order valence-corrected chi connectivity index (χ2v) is 5.68. The van der Waals surface area contributed by atoms with E-state index in [0.717, 1.165) is 41.8 Å². The Morgan fingerprint density at radius 2 is 2.06 bits per heavy atom. The van der Waals surface area contributed by atoms with Gasteiger partial charge in [-0.05, 0) is 43.9 Å². The van der Waals surface area contributed by atoms with Gasteiger partial charge in [0.15, 0.2) is 0 Å². The van der Waals surface area contributed by atoms with Crippen molar-refractivity contribution in [1.29, 1.82) is 0 Å². The molecule has 0 saturated carbocycles. The van der Waals surface area contributed by atoms with Crippen LogP contribution in [0.2, 0.25) is 0 Å². The molecule has 1 aliphatic rings. The summed E-state index contributed by atoms with van der Waals surface area (Å²) in [6, 6.07) is 6.02. The minimum Gasteiger partial charge on any atom is -0.397 e. The van der Waals surface area contributed by atoms with E-state index in [1.165, 1.54) is 0 Å². The maximum absolute atomic E-state index is 9.58. The average Bonchev–Trinajstić information content (AvgIpc) is 2.29. The number of nitrogen functional groups attached to an aromatic ring is 1. The predicted octanol–water partition coefficient (Wildman–Crippen LogP) is 2.63. The van der Waals surface area contributed by atoms with Crippen molar-refractivity contribution in [3.05, 3.63) is 22.7 Å². The Balaban J connectivity index is 2.05. The van der Waals surface area contributed by atoms with Crippen molar-refractivity contribution < 1.29 is 5.11 Å². The van der Waals surface area contributed by atoms with Crippen LogP contribution in [0.4, 0.5) is 11.4 Å². The van der Waals surface area contributed by atoms with E-state index in [0.29, 0.717) is 5.92 Å². The highest BCUT2D eigenvalue weighted by molar-refractivity contribution is 9.10. The molecule has 2 rings (SSSR count). The number of rotatable bonds is 2. The molecule has 1 unspecified atom stereocenters. The van der Waals surface area contributed by atoms with Gasteiger partial charge in [0, 0.05) is 17.6 Å². The second kappa shape index (κ2) is 5.27. The molecule has 0 spiro atoms. The van der Waals surface area contributed by atoms with Crippen LogP contribution >= 0.6 is 15.9 Å². The Kier molecular flexibility index (Phi) is 3.94. The molecule has 1 aliphatic heterocycles. The maximum Gasteiger partial charge on any atom is 0.0600 e. The van der Waals surface area contributed by atoms with E-state index >= 15 is 0 Å². The molecule has 94 valence electrons. The molecule has 0 aromatic heterocycles. The molecule has 0 aliphatic carbocycles. The standard InChI is InChI=1S/C13H19BrN2O/c1-9(17)10-4-6-16(7-5-10)13-3-2-11(14)8-12(13)15/h2-3,8-10,17H,4-7,15H2,1H3.